The number of halogens is 1. The summed E-state index contributed by atoms with van der Waals surface area (Å²) >= 11 is 3.42. The van der Waals surface area contributed by atoms with Gasteiger partial charge in [-0.05, 0) is 35.0 Å². The Morgan fingerprint density at radius 3 is 2.93 bits per heavy atom. The molecule has 14 heavy (non-hydrogen) atoms. The number of carbonyl (C=O) groups excluding carboxylic acids is 1. The van der Waals surface area contributed by atoms with Crippen LogP contribution in [0.4, 0.5) is 0 Å². The summed E-state index contributed by atoms with van der Waals surface area (Å²) in [6.45, 7) is 1.88. The summed E-state index contributed by atoms with van der Waals surface area (Å²) in [5, 5.41) is 0.889. The van der Waals surface area contributed by atoms with E-state index >= 15 is 0 Å². The summed E-state index contributed by atoms with van der Waals surface area (Å²) in [4.78, 5) is 15.2. The average molecular weight is 250 g/mol. The number of pyridine rings is 1. The monoisotopic (exact) mass is 249 g/mol. The highest BCUT2D eigenvalue weighted by Crippen LogP contribution is 2.24. The molecule has 3 heteroatoms. The molecule has 0 bridgehead atoms. The first-order chi connectivity index (χ1) is 6.72. The van der Waals surface area contributed by atoms with E-state index in [1.807, 2.05) is 25.1 Å². The van der Waals surface area contributed by atoms with Crippen molar-refractivity contribution in [3.63, 3.8) is 0 Å². The van der Waals surface area contributed by atoms with E-state index in [2.05, 4.69) is 20.9 Å². The number of para-hydroxylation sites is 1. The van der Waals surface area contributed by atoms with E-state index in [0.717, 1.165) is 27.4 Å². The Morgan fingerprint density at radius 2 is 2.21 bits per heavy atom. The summed E-state index contributed by atoms with van der Waals surface area (Å²) in [6.07, 6.45) is 0.865. The van der Waals surface area contributed by atoms with Crippen LogP contribution in [0, 0.1) is 6.92 Å². The molecular formula is C11H8BrNO. The summed E-state index contributed by atoms with van der Waals surface area (Å²) in [6, 6.07) is 7.51. The lowest BCUT2D eigenvalue weighted by Gasteiger charge is -2.03. The second-order valence-electron chi connectivity index (χ2n) is 3.11. The molecule has 0 aliphatic rings. The van der Waals surface area contributed by atoms with Crippen LogP contribution in [-0.2, 0) is 0 Å². The van der Waals surface area contributed by atoms with Gasteiger partial charge in [-0.15, -0.1) is 0 Å². The number of benzene rings is 1. The highest BCUT2D eigenvalue weighted by atomic mass is 79.9. The molecule has 2 nitrogen and oxygen atoms in total. The molecule has 0 saturated carbocycles. The molecule has 0 N–H and O–H groups in total. The van der Waals surface area contributed by atoms with Crippen LogP contribution in [0.1, 0.15) is 16.1 Å². The molecule has 0 saturated heterocycles. The van der Waals surface area contributed by atoms with Crippen molar-refractivity contribution >= 4 is 33.1 Å². The zero-order chi connectivity index (χ0) is 10.1. The van der Waals surface area contributed by atoms with Gasteiger partial charge in [0.2, 0.25) is 0 Å². The maximum absolute atomic E-state index is 10.8. The van der Waals surface area contributed by atoms with Gasteiger partial charge in [0.25, 0.3) is 0 Å². The van der Waals surface area contributed by atoms with Gasteiger partial charge < -0.3 is 0 Å². The maximum Gasteiger partial charge on any atom is 0.150 e. The molecule has 1 aromatic carbocycles. The molecule has 0 aliphatic heterocycles. The third-order valence-electron chi connectivity index (χ3n) is 2.08. The zero-order valence-electron chi connectivity index (χ0n) is 7.62. The third-order valence-corrected chi connectivity index (χ3v) is 2.72. The molecule has 2 aromatic rings. The number of aromatic nitrogens is 1. The molecule has 1 aromatic heterocycles. The third kappa shape index (κ3) is 1.44. The van der Waals surface area contributed by atoms with Crippen molar-refractivity contribution in [2.75, 3.05) is 0 Å². The Hall–Kier alpha value is -1.22. The number of rotatable bonds is 1. The van der Waals surface area contributed by atoms with E-state index in [1.165, 1.54) is 0 Å². The predicted octanol–water partition coefficient (Wildman–Crippen LogP) is 3.12. The topological polar surface area (TPSA) is 30.0 Å². The van der Waals surface area contributed by atoms with E-state index in [9.17, 15) is 4.79 Å². The fourth-order valence-electron chi connectivity index (χ4n) is 1.47. The lowest BCUT2D eigenvalue weighted by Crippen LogP contribution is -1.90. The van der Waals surface area contributed by atoms with Crippen molar-refractivity contribution in [3.05, 3.63) is 40.0 Å². The Bertz CT molecular complexity index is 508. The molecule has 70 valence electrons. The van der Waals surface area contributed by atoms with Gasteiger partial charge in [0.1, 0.15) is 0 Å². The standard InChI is InChI=1S/C11H8BrNO/c1-7-5-8(6-14)9-3-2-4-10(12)11(9)13-7/h2-6H,1H3. The molecule has 0 fully saturated rings. The first kappa shape index (κ1) is 9.34. The van der Waals surface area contributed by atoms with Crippen LogP contribution < -0.4 is 0 Å². The summed E-state index contributed by atoms with van der Waals surface area (Å²) in [7, 11) is 0. The number of carbonyl (C=O) groups is 1. The maximum atomic E-state index is 10.8. The number of hydrogen-bond donors (Lipinski definition) is 0. The van der Waals surface area contributed by atoms with Crippen molar-refractivity contribution in [2.45, 2.75) is 6.92 Å². The van der Waals surface area contributed by atoms with Gasteiger partial charge in [0, 0.05) is 21.1 Å². The van der Waals surface area contributed by atoms with Crippen molar-refractivity contribution in [1.29, 1.82) is 0 Å². The minimum Gasteiger partial charge on any atom is -0.298 e. The second-order valence-corrected chi connectivity index (χ2v) is 3.96. The quantitative estimate of drug-likeness (QED) is 0.728. The predicted molar refractivity (Wildman–Crippen MR) is 59.6 cm³/mol. The SMILES string of the molecule is Cc1cc(C=O)c2cccc(Br)c2n1. The first-order valence-electron chi connectivity index (χ1n) is 4.23. The normalized spacial score (nSPS) is 10.4. The van der Waals surface area contributed by atoms with Crippen LogP contribution in [0.3, 0.4) is 0 Å². The van der Waals surface area contributed by atoms with Crippen LogP contribution in [0.25, 0.3) is 10.9 Å². The lowest BCUT2D eigenvalue weighted by atomic mass is 10.1. The Balaban J connectivity index is 2.94. The van der Waals surface area contributed by atoms with E-state index in [-0.39, 0.29) is 0 Å². The minimum absolute atomic E-state index is 0.689. The smallest absolute Gasteiger partial charge is 0.150 e. The minimum atomic E-state index is 0.689. The van der Waals surface area contributed by atoms with E-state index in [0.29, 0.717) is 5.56 Å². The Kier molecular flexibility index (Phi) is 2.33. The highest BCUT2D eigenvalue weighted by molar-refractivity contribution is 9.10. The van der Waals surface area contributed by atoms with Crippen LogP contribution in [0.5, 0.6) is 0 Å². The van der Waals surface area contributed by atoms with Crippen LogP contribution in [0.2, 0.25) is 0 Å². The summed E-state index contributed by atoms with van der Waals surface area (Å²) < 4.78 is 0.918. The number of nitrogens with zero attached hydrogens (tertiary/aromatic N) is 1. The molecule has 0 amide bonds. The first-order valence-corrected chi connectivity index (χ1v) is 5.02. The summed E-state index contributed by atoms with van der Waals surface area (Å²) in [5.41, 5.74) is 2.38. The zero-order valence-corrected chi connectivity index (χ0v) is 9.21. The highest BCUT2D eigenvalue weighted by Gasteiger charge is 2.05. The second kappa shape index (κ2) is 3.50. The number of fused-ring (bicyclic) bond motifs is 1. The average Bonchev–Trinajstić information content (AvgIpc) is 2.18. The van der Waals surface area contributed by atoms with Gasteiger partial charge in [0.05, 0.1) is 5.52 Å². The Labute approximate surface area is 90.1 Å². The van der Waals surface area contributed by atoms with Crippen LogP contribution in [-0.4, -0.2) is 11.3 Å². The van der Waals surface area contributed by atoms with Crippen molar-refractivity contribution < 1.29 is 4.79 Å². The molecule has 0 radical (unpaired) electrons. The van der Waals surface area contributed by atoms with Gasteiger partial charge in [0.15, 0.2) is 6.29 Å². The van der Waals surface area contributed by atoms with Gasteiger partial charge in [-0.1, -0.05) is 12.1 Å². The molecule has 0 unspecified atom stereocenters. The van der Waals surface area contributed by atoms with Gasteiger partial charge in [-0.25, -0.2) is 0 Å². The molecule has 0 aliphatic carbocycles. The Morgan fingerprint density at radius 1 is 1.43 bits per heavy atom. The van der Waals surface area contributed by atoms with Crippen LogP contribution in [0.15, 0.2) is 28.7 Å². The molecule has 0 spiro atoms. The van der Waals surface area contributed by atoms with Gasteiger partial charge >= 0.3 is 0 Å². The molecule has 1 heterocycles. The van der Waals surface area contributed by atoms with Crippen molar-refractivity contribution in [2.24, 2.45) is 0 Å². The van der Waals surface area contributed by atoms with E-state index in [1.54, 1.807) is 6.07 Å². The number of aldehydes is 1. The lowest BCUT2D eigenvalue weighted by molar-refractivity contribution is 0.112. The fraction of sp³-hybridized carbons (Fsp3) is 0.0909. The fourth-order valence-corrected chi connectivity index (χ4v) is 1.93. The largest absolute Gasteiger partial charge is 0.298 e. The van der Waals surface area contributed by atoms with Crippen molar-refractivity contribution in [1.82, 2.24) is 4.98 Å². The van der Waals surface area contributed by atoms with Crippen LogP contribution >= 0.6 is 15.9 Å². The summed E-state index contributed by atoms with van der Waals surface area (Å²) in [5.74, 6) is 0. The molecular weight excluding hydrogens is 242 g/mol. The van der Waals surface area contributed by atoms with Gasteiger partial charge in [-0.3, -0.25) is 9.78 Å². The number of aryl methyl sites for hydroxylation is 1. The van der Waals surface area contributed by atoms with E-state index < -0.39 is 0 Å². The van der Waals surface area contributed by atoms with Crippen molar-refractivity contribution in [3.8, 4) is 0 Å². The molecule has 2 rings (SSSR count). The van der Waals surface area contributed by atoms with E-state index in [4.69, 9.17) is 0 Å². The number of hydrogen-bond acceptors (Lipinski definition) is 2. The molecule has 0 atom stereocenters. The van der Waals surface area contributed by atoms with Gasteiger partial charge in [-0.2, -0.15) is 0 Å².